The van der Waals surface area contributed by atoms with E-state index in [4.69, 9.17) is 9.47 Å². The summed E-state index contributed by atoms with van der Waals surface area (Å²) in [6.45, 7) is 5.56. The molecule has 2 aromatic rings. The Labute approximate surface area is 126 Å². The predicted molar refractivity (Wildman–Crippen MR) is 86.9 cm³/mol. The van der Waals surface area contributed by atoms with E-state index in [2.05, 4.69) is 55.6 Å². The van der Waals surface area contributed by atoms with Crippen LogP contribution in [0.4, 0.5) is 5.69 Å². The van der Waals surface area contributed by atoms with E-state index < -0.39 is 0 Å². The van der Waals surface area contributed by atoms with E-state index in [1.165, 1.54) is 11.1 Å². The van der Waals surface area contributed by atoms with Crippen LogP contribution in [0, 0.1) is 13.8 Å². The highest BCUT2D eigenvalue weighted by Crippen LogP contribution is 2.29. The van der Waals surface area contributed by atoms with E-state index in [0.29, 0.717) is 6.61 Å². The van der Waals surface area contributed by atoms with Crippen molar-refractivity contribution < 1.29 is 9.47 Å². The van der Waals surface area contributed by atoms with Crippen LogP contribution in [-0.2, 0) is 17.9 Å². The van der Waals surface area contributed by atoms with Gasteiger partial charge in [-0.3, -0.25) is 0 Å². The lowest BCUT2D eigenvalue weighted by Crippen LogP contribution is -2.03. The van der Waals surface area contributed by atoms with Gasteiger partial charge in [0.1, 0.15) is 5.75 Å². The Balaban J connectivity index is 2.11. The molecule has 0 saturated heterocycles. The van der Waals surface area contributed by atoms with Crippen LogP contribution in [0.1, 0.15) is 22.3 Å². The van der Waals surface area contributed by atoms with Crippen LogP contribution in [0.5, 0.6) is 5.75 Å². The van der Waals surface area contributed by atoms with Gasteiger partial charge in [0.05, 0.1) is 13.7 Å². The van der Waals surface area contributed by atoms with E-state index in [0.717, 1.165) is 29.1 Å². The molecule has 0 aliphatic rings. The first-order valence-corrected chi connectivity index (χ1v) is 7.10. The van der Waals surface area contributed by atoms with Crippen LogP contribution in [0.2, 0.25) is 0 Å². The second kappa shape index (κ2) is 7.14. The summed E-state index contributed by atoms with van der Waals surface area (Å²) in [6, 6.07) is 12.6. The molecular weight excluding hydrogens is 262 g/mol. The van der Waals surface area contributed by atoms with E-state index in [1.54, 1.807) is 14.2 Å². The van der Waals surface area contributed by atoms with E-state index in [-0.39, 0.29) is 0 Å². The van der Waals surface area contributed by atoms with Crippen molar-refractivity contribution in [1.29, 1.82) is 0 Å². The Hall–Kier alpha value is -2.00. The lowest BCUT2D eigenvalue weighted by molar-refractivity contribution is 0.185. The van der Waals surface area contributed by atoms with Crippen LogP contribution in [0.25, 0.3) is 0 Å². The summed E-state index contributed by atoms with van der Waals surface area (Å²) >= 11 is 0. The Kier molecular flexibility index (Phi) is 5.23. The van der Waals surface area contributed by atoms with E-state index >= 15 is 0 Å². The Morgan fingerprint density at radius 3 is 2.48 bits per heavy atom. The lowest BCUT2D eigenvalue weighted by Gasteiger charge is -2.15. The molecule has 0 aliphatic carbocycles. The van der Waals surface area contributed by atoms with E-state index in [1.807, 2.05) is 0 Å². The summed E-state index contributed by atoms with van der Waals surface area (Å²) in [6.07, 6.45) is 0. The zero-order valence-corrected chi connectivity index (χ0v) is 13.2. The van der Waals surface area contributed by atoms with Crippen molar-refractivity contribution in [1.82, 2.24) is 0 Å². The zero-order valence-electron chi connectivity index (χ0n) is 13.2. The number of aryl methyl sites for hydroxylation is 1. The molecule has 0 amide bonds. The second-order valence-electron chi connectivity index (χ2n) is 5.19. The SMILES string of the molecule is COCc1cccc(CNc2ccc(C)c(OC)c2C)c1. The summed E-state index contributed by atoms with van der Waals surface area (Å²) in [4.78, 5) is 0. The summed E-state index contributed by atoms with van der Waals surface area (Å²) < 4.78 is 10.6. The van der Waals surface area contributed by atoms with Crippen molar-refractivity contribution in [2.45, 2.75) is 27.0 Å². The fraction of sp³-hybridized carbons (Fsp3) is 0.333. The van der Waals surface area contributed by atoms with Crippen molar-refractivity contribution in [2.75, 3.05) is 19.5 Å². The number of nitrogens with one attached hydrogen (secondary N) is 1. The first-order chi connectivity index (χ1) is 10.2. The molecule has 0 radical (unpaired) electrons. The third-order valence-electron chi connectivity index (χ3n) is 3.59. The molecule has 0 bridgehead atoms. The number of hydrogen-bond acceptors (Lipinski definition) is 3. The van der Waals surface area contributed by atoms with Gasteiger partial charge in [-0.25, -0.2) is 0 Å². The molecule has 21 heavy (non-hydrogen) atoms. The second-order valence-corrected chi connectivity index (χ2v) is 5.19. The Morgan fingerprint density at radius 2 is 1.76 bits per heavy atom. The van der Waals surface area contributed by atoms with Crippen LogP contribution >= 0.6 is 0 Å². The maximum absolute atomic E-state index is 5.46. The molecule has 112 valence electrons. The minimum Gasteiger partial charge on any atom is -0.496 e. The minimum absolute atomic E-state index is 0.644. The van der Waals surface area contributed by atoms with Gasteiger partial charge in [-0.15, -0.1) is 0 Å². The number of anilines is 1. The fourth-order valence-electron chi connectivity index (χ4n) is 2.53. The van der Waals surface area contributed by atoms with Crippen LogP contribution in [0.15, 0.2) is 36.4 Å². The van der Waals surface area contributed by atoms with Crippen LogP contribution < -0.4 is 10.1 Å². The topological polar surface area (TPSA) is 30.5 Å². The fourth-order valence-corrected chi connectivity index (χ4v) is 2.53. The minimum atomic E-state index is 0.644. The van der Waals surface area contributed by atoms with Crippen molar-refractivity contribution in [3.05, 3.63) is 58.7 Å². The summed E-state index contributed by atoms with van der Waals surface area (Å²) in [5.74, 6) is 0.952. The van der Waals surface area contributed by atoms with Crippen molar-refractivity contribution in [3.63, 3.8) is 0 Å². The van der Waals surface area contributed by atoms with E-state index in [9.17, 15) is 0 Å². The normalized spacial score (nSPS) is 10.5. The van der Waals surface area contributed by atoms with Crippen molar-refractivity contribution in [2.24, 2.45) is 0 Å². The summed E-state index contributed by atoms with van der Waals surface area (Å²) in [5.41, 5.74) is 5.83. The van der Waals surface area contributed by atoms with Gasteiger partial charge in [0.15, 0.2) is 0 Å². The van der Waals surface area contributed by atoms with Crippen molar-refractivity contribution in [3.8, 4) is 5.75 Å². The number of hydrogen-bond donors (Lipinski definition) is 1. The van der Waals surface area contributed by atoms with Gasteiger partial charge in [-0.05, 0) is 36.6 Å². The molecule has 2 rings (SSSR count). The number of rotatable bonds is 6. The number of benzene rings is 2. The third-order valence-corrected chi connectivity index (χ3v) is 3.59. The quantitative estimate of drug-likeness (QED) is 0.868. The Morgan fingerprint density at radius 1 is 1.00 bits per heavy atom. The van der Waals surface area contributed by atoms with Gasteiger partial charge in [0, 0.05) is 24.9 Å². The molecule has 3 heteroatoms. The Bertz CT molecular complexity index is 608. The van der Waals surface area contributed by atoms with Gasteiger partial charge in [0.25, 0.3) is 0 Å². The van der Waals surface area contributed by atoms with Crippen LogP contribution in [-0.4, -0.2) is 14.2 Å². The highest BCUT2D eigenvalue weighted by Gasteiger charge is 2.07. The monoisotopic (exact) mass is 285 g/mol. The standard InChI is InChI=1S/C18H23NO2/c1-13-8-9-17(14(2)18(13)21-4)19-11-15-6-5-7-16(10-15)12-20-3/h5-10,19H,11-12H2,1-4H3. The van der Waals surface area contributed by atoms with Gasteiger partial charge >= 0.3 is 0 Å². The highest BCUT2D eigenvalue weighted by molar-refractivity contribution is 5.59. The van der Waals surface area contributed by atoms with Crippen LogP contribution in [0.3, 0.4) is 0 Å². The molecule has 0 atom stereocenters. The molecule has 0 heterocycles. The molecule has 0 aliphatic heterocycles. The molecule has 1 N–H and O–H groups in total. The lowest BCUT2D eigenvalue weighted by atomic mass is 10.1. The van der Waals surface area contributed by atoms with Gasteiger partial charge in [0.2, 0.25) is 0 Å². The molecule has 2 aromatic carbocycles. The van der Waals surface area contributed by atoms with Gasteiger partial charge in [-0.1, -0.05) is 30.3 Å². The highest BCUT2D eigenvalue weighted by atomic mass is 16.5. The average molecular weight is 285 g/mol. The maximum atomic E-state index is 5.46. The molecular formula is C18H23NO2. The predicted octanol–water partition coefficient (Wildman–Crippen LogP) is 4.07. The molecule has 0 aromatic heterocycles. The third kappa shape index (κ3) is 3.76. The van der Waals surface area contributed by atoms with Gasteiger partial charge < -0.3 is 14.8 Å². The average Bonchev–Trinajstić information content (AvgIpc) is 2.48. The number of methoxy groups -OCH3 is 2. The van der Waals surface area contributed by atoms with Crippen molar-refractivity contribution >= 4 is 5.69 Å². The largest absolute Gasteiger partial charge is 0.496 e. The zero-order chi connectivity index (χ0) is 15.2. The molecule has 3 nitrogen and oxygen atoms in total. The van der Waals surface area contributed by atoms with Gasteiger partial charge in [-0.2, -0.15) is 0 Å². The first-order valence-electron chi connectivity index (χ1n) is 7.10. The number of ether oxygens (including phenoxy) is 2. The molecule has 0 saturated carbocycles. The first kappa shape index (κ1) is 15.4. The summed E-state index contributed by atoms with van der Waals surface area (Å²) in [7, 11) is 3.43. The molecule has 0 unspecified atom stereocenters. The smallest absolute Gasteiger partial charge is 0.126 e. The maximum Gasteiger partial charge on any atom is 0.126 e. The molecule has 0 fully saturated rings. The molecule has 0 spiro atoms. The summed E-state index contributed by atoms with van der Waals surface area (Å²) in [5, 5.41) is 3.48.